The predicted molar refractivity (Wildman–Crippen MR) is 36.1 cm³/mol. The normalized spacial score (nSPS) is 38.2. The summed E-state index contributed by atoms with van der Waals surface area (Å²) in [5.74, 6) is 0. The first-order chi connectivity index (χ1) is 3.84. The summed E-state index contributed by atoms with van der Waals surface area (Å²) in [5, 5.41) is 0.537. The van der Waals surface area contributed by atoms with Gasteiger partial charge in [-0.15, -0.1) is 0 Å². The maximum Gasteiger partial charge on any atom is 0.0629 e. The van der Waals surface area contributed by atoms with E-state index in [0.29, 0.717) is 5.25 Å². The Labute approximate surface area is 53.8 Å². The second kappa shape index (κ2) is 2.71. The summed E-state index contributed by atoms with van der Waals surface area (Å²) in [4.78, 5) is 0. The monoisotopic (exact) mass is 133 g/mol. The SMILES string of the molecule is CS[C@H]1COC[C@@H]1N. The fourth-order valence-electron chi connectivity index (χ4n) is 0.794. The molecule has 1 rings (SSSR count). The molecule has 0 saturated carbocycles. The van der Waals surface area contributed by atoms with Crippen molar-refractivity contribution in [3.8, 4) is 0 Å². The molecule has 1 aliphatic heterocycles. The van der Waals surface area contributed by atoms with Gasteiger partial charge in [0.2, 0.25) is 0 Å². The molecular formula is C5H11NOS. The Bertz CT molecular complexity index is 78.8. The lowest BCUT2D eigenvalue weighted by atomic mass is 10.3. The van der Waals surface area contributed by atoms with Crippen molar-refractivity contribution in [3.05, 3.63) is 0 Å². The molecule has 1 heterocycles. The molecule has 0 aromatic carbocycles. The Morgan fingerprint density at radius 1 is 1.62 bits per heavy atom. The van der Waals surface area contributed by atoms with Gasteiger partial charge in [0.1, 0.15) is 0 Å². The van der Waals surface area contributed by atoms with Gasteiger partial charge in [-0.2, -0.15) is 11.8 Å². The van der Waals surface area contributed by atoms with E-state index in [9.17, 15) is 0 Å². The van der Waals surface area contributed by atoms with Crippen molar-refractivity contribution in [2.24, 2.45) is 5.73 Å². The summed E-state index contributed by atoms with van der Waals surface area (Å²) in [6.07, 6.45) is 2.07. The van der Waals surface area contributed by atoms with Crippen LogP contribution in [0.2, 0.25) is 0 Å². The summed E-state index contributed by atoms with van der Waals surface area (Å²) in [5.41, 5.74) is 5.64. The molecule has 8 heavy (non-hydrogen) atoms. The van der Waals surface area contributed by atoms with E-state index in [1.165, 1.54) is 0 Å². The molecule has 0 aromatic rings. The first-order valence-corrected chi connectivity index (χ1v) is 3.99. The number of nitrogens with two attached hydrogens (primary N) is 1. The van der Waals surface area contributed by atoms with Gasteiger partial charge in [0.05, 0.1) is 13.2 Å². The second-order valence-electron chi connectivity index (χ2n) is 1.98. The Kier molecular flexibility index (Phi) is 2.16. The van der Waals surface area contributed by atoms with E-state index < -0.39 is 0 Å². The van der Waals surface area contributed by atoms with E-state index in [-0.39, 0.29) is 6.04 Å². The molecule has 2 N–H and O–H groups in total. The van der Waals surface area contributed by atoms with Crippen molar-refractivity contribution in [1.29, 1.82) is 0 Å². The topological polar surface area (TPSA) is 35.2 Å². The van der Waals surface area contributed by atoms with Gasteiger partial charge in [-0.1, -0.05) is 0 Å². The molecule has 0 radical (unpaired) electrons. The third kappa shape index (κ3) is 1.16. The molecule has 0 spiro atoms. The van der Waals surface area contributed by atoms with Gasteiger partial charge in [0.15, 0.2) is 0 Å². The molecule has 0 aliphatic carbocycles. The van der Waals surface area contributed by atoms with Crippen LogP contribution in [-0.4, -0.2) is 30.8 Å². The molecule has 48 valence electrons. The van der Waals surface area contributed by atoms with Gasteiger partial charge in [-0.05, 0) is 6.26 Å². The fourth-order valence-corrected chi connectivity index (χ4v) is 1.45. The van der Waals surface area contributed by atoms with Crippen molar-refractivity contribution in [3.63, 3.8) is 0 Å². The van der Waals surface area contributed by atoms with Crippen molar-refractivity contribution in [2.75, 3.05) is 19.5 Å². The number of ether oxygens (including phenoxy) is 1. The van der Waals surface area contributed by atoms with Crippen LogP contribution in [0.5, 0.6) is 0 Å². The van der Waals surface area contributed by atoms with Crippen LogP contribution in [0.4, 0.5) is 0 Å². The zero-order valence-electron chi connectivity index (χ0n) is 4.96. The Hall–Kier alpha value is 0.270. The number of thioether (sulfide) groups is 1. The standard InChI is InChI=1S/C5H11NOS/c1-8-5-3-7-2-4(5)6/h4-5H,2-3,6H2,1H3/t4-,5-/m0/s1. The van der Waals surface area contributed by atoms with Crippen molar-refractivity contribution in [2.45, 2.75) is 11.3 Å². The first-order valence-electron chi connectivity index (χ1n) is 2.70. The minimum absolute atomic E-state index is 0.269. The zero-order valence-corrected chi connectivity index (χ0v) is 5.78. The van der Waals surface area contributed by atoms with Crippen molar-refractivity contribution < 1.29 is 4.74 Å². The quantitative estimate of drug-likeness (QED) is 0.550. The lowest BCUT2D eigenvalue weighted by Crippen LogP contribution is -2.30. The maximum absolute atomic E-state index is 5.64. The van der Waals surface area contributed by atoms with Crippen LogP contribution in [0.3, 0.4) is 0 Å². The second-order valence-corrected chi connectivity index (χ2v) is 3.05. The molecule has 1 saturated heterocycles. The lowest BCUT2D eigenvalue weighted by molar-refractivity contribution is 0.195. The van der Waals surface area contributed by atoms with Crippen LogP contribution in [0, 0.1) is 0 Å². The molecule has 3 heteroatoms. The van der Waals surface area contributed by atoms with Crippen LogP contribution in [0.25, 0.3) is 0 Å². The highest BCUT2D eigenvalue weighted by molar-refractivity contribution is 7.99. The van der Waals surface area contributed by atoms with Crippen molar-refractivity contribution >= 4 is 11.8 Å². The highest BCUT2D eigenvalue weighted by atomic mass is 32.2. The van der Waals surface area contributed by atoms with Gasteiger partial charge in [0, 0.05) is 11.3 Å². The largest absolute Gasteiger partial charge is 0.379 e. The van der Waals surface area contributed by atoms with Crippen LogP contribution >= 0.6 is 11.8 Å². The van der Waals surface area contributed by atoms with E-state index >= 15 is 0 Å². The van der Waals surface area contributed by atoms with Crippen LogP contribution in [0.1, 0.15) is 0 Å². The van der Waals surface area contributed by atoms with E-state index in [1.807, 2.05) is 0 Å². The minimum Gasteiger partial charge on any atom is -0.379 e. The first kappa shape index (κ1) is 6.39. The lowest BCUT2D eigenvalue weighted by Gasteiger charge is -2.07. The minimum atomic E-state index is 0.269. The number of hydrogen-bond donors (Lipinski definition) is 1. The van der Waals surface area contributed by atoms with E-state index in [2.05, 4.69) is 6.26 Å². The summed E-state index contributed by atoms with van der Waals surface area (Å²) in [7, 11) is 0. The van der Waals surface area contributed by atoms with Crippen LogP contribution in [-0.2, 0) is 4.74 Å². The summed E-state index contributed by atoms with van der Waals surface area (Å²) < 4.78 is 5.11. The molecule has 2 atom stereocenters. The van der Waals surface area contributed by atoms with Gasteiger partial charge < -0.3 is 10.5 Å². The van der Waals surface area contributed by atoms with Crippen molar-refractivity contribution in [1.82, 2.24) is 0 Å². The van der Waals surface area contributed by atoms with E-state index in [1.54, 1.807) is 11.8 Å². The molecular weight excluding hydrogens is 122 g/mol. The van der Waals surface area contributed by atoms with Gasteiger partial charge in [-0.3, -0.25) is 0 Å². The van der Waals surface area contributed by atoms with Crippen LogP contribution in [0.15, 0.2) is 0 Å². The highest BCUT2D eigenvalue weighted by Gasteiger charge is 2.22. The Balaban J connectivity index is 2.30. The van der Waals surface area contributed by atoms with Crippen LogP contribution < -0.4 is 5.73 Å². The number of hydrogen-bond acceptors (Lipinski definition) is 3. The molecule has 0 amide bonds. The van der Waals surface area contributed by atoms with Gasteiger partial charge in [0.25, 0.3) is 0 Å². The third-order valence-electron chi connectivity index (χ3n) is 1.37. The zero-order chi connectivity index (χ0) is 5.98. The fraction of sp³-hybridized carbons (Fsp3) is 1.00. The average Bonchev–Trinajstić information content (AvgIpc) is 2.14. The molecule has 1 fully saturated rings. The van der Waals surface area contributed by atoms with Gasteiger partial charge in [-0.25, -0.2) is 0 Å². The molecule has 0 bridgehead atoms. The Morgan fingerprint density at radius 2 is 2.38 bits per heavy atom. The van der Waals surface area contributed by atoms with E-state index in [0.717, 1.165) is 13.2 Å². The van der Waals surface area contributed by atoms with Gasteiger partial charge >= 0.3 is 0 Å². The molecule has 0 aromatic heterocycles. The molecule has 0 unspecified atom stereocenters. The molecule has 1 aliphatic rings. The third-order valence-corrected chi connectivity index (χ3v) is 2.46. The highest BCUT2D eigenvalue weighted by Crippen LogP contribution is 2.15. The maximum atomic E-state index is 5.64. The summed E-state index contributed by atoms with van der Waals surface area (Å²) in [6.45, 7) is 1.58. The van der Waals surface area contributed by atoms with E-state index in [4.69, 9.17) is 10.5 Å². The number of rotatable bonds is 1. The molecule has 2 nitrogen and oxygen atoms in total. The Morgan fingerprint density at radius 3 is 2.62 bits per heavy atom. The summed E-state index contributed by atoms with van der Waals surface area (Å²) >= 11 is 1.79. The smallest absolute Gasteiger partial charge is 0.0629 e. The predicted octanol–water partition coefficient (Wildman–Crippen LogP) is 0.0755. The average molecular weight is 133 g/mol. The summed E-state index contributed by atoms with van der Waals surface area (Å²) in [6, 6.07) is 0.269.